The second-order valence-electron chi connectivity index (χ2n) is 11.3. The number of nitrogens with one attached hydrogen (secondary N) is 1. The highest BCUT2D eigenvalue weighted by molar-refractivity contribution is 6.03. The monoisotopic (exact) mass is 679 g/mol. The highest BCUT2D eigenvalue weighted by atomic mass is 16.6. The quantitative estimate of drug-likeness (QED) is 0.112. The van der Waals surface area contributed by atoms with E-state index in [-0.39, 0.29) is 11.5 Å². The Labute approximate surface area is 287 Å². The molecule has 49 heavy (non-hydrogen) atoms. The van der Waals surface area contributed by atoms with Crippen LogP contribution in [0.4, 0.5) is 0 Å². The van der Waals surface area contributed by atoms with Crippen LogP contribution >= 0.6 is 0 Å². The van der Waals surface area contributed by atoms with Gasteiger partial charge in [-0.25, -0.2) is 9.78 Å². The summed E-state index contributed by atoms with van der Waals surface area (Å²) in [4.78, 5) is 26.9. The molecule has 1 amide bonds. The predicted octanol–water partition coefficient (Wildman–Crippen LogP) is 4.64. The second-order valence-corrected chi connectivity index (χ2v) is 11.3. The molecule has 0 bridgehead atoms. The van der Waals surface area contributed by atoms with E-state index in [2.05, 4.69) is 34.5 Å². The number of fused-ring (bicyclic) bond motifs is 1. The van der Waals surface area contributed by atoms with E-state index in [1.807, 2.05) is 59.4 Å². The molecule has 0 atom stereocenters. The number of para-hydroxylation sites is 1. The van der Waals surface area contributed by atoms with E-state index in [9.17, 15) is 14.7 Å². The van der Waals surface area contributed by atoms with Crippen molar-refractivity contribution in [2.24, 2.45) is 5.92 Å². The van der Waals surface area contributed by atoms with Gasteiger partial charge in [-0.1, -0.05) is 67.6 Å². The summed E-state index contributed by atoms with van der Waals surface area (Å²) in [6, 6.07) is 18.5. The van der Waals surface area contributed by atoms with Crippen molar-refractivity contribution in [2.45, 2.75) is 39.8 Å². The Balaban J connectivity index is 0.000000291. The Kier molecular flexibility index (Phi) is 18.5. The van der Waals surface area contributed by atoms with Crippen LogP contribution < -0.4 is 5.32 Å². The van der Waals surface area contributed by atoms with E-state index in [1.165, 1.54) is 0 Å². The topological polar surface area (TPSA) is 156 Å². The summed E-state index contributed by atoms with van der Waals surface area (Å²) in [6.07, 6.45) is 3.38. The number of carboxylic acids is 1. The first-order valence-electron chi connectivity index (χ1n) is 16.5. The molecule has 0 aliphatic heterocycles. The zero-order valence-electron chi connectivity index (χ0n) is 28.7. The number of carbonyl (C=O) groups excluding carboxylic acids is 1. The number of carbonyl (C=O) groups is 2. The zero-order chi connectivity index (χ0) is 35.1. The van der Waals surface area contributed by atoms with E-state index in [4.69, 9.17) is 23.7 Å². The van der Waals surface area contributed by atoms with Gasteiger partial charge < -0.3 is 34.1 Å². The van der Waals surface area contributed by atoms with Crippen LogP contribution in [0.15, 0.2) is 66.9 Å². The third-order valence-electron chi connectivity index (χ3n) is 7.03. The number of benzene rings is 2. The second kappa shape index (κ2) is 23.1. The van der Waals surface area contributed by atoms with Crippen LogP contribution in [0.2, 0.25) is 0 Å². The number of aromatic nitrogens is 4. The molecule has 2 aromatic carbocycles. The van der Waals surface area contributed by atoms with Crippen LogP contribution in [-0.4, -0.2) is 103 Å². The van der Waals surface area contributed by atoms with Crippen molar-refractivity contribution in [1.82, 2.24) is 25.3 Å². The van der Waals surface area contributed by atoms with Gasteiger partial charge in [0.2, 0.25) is 5.91 Å². The molecule has 266 valence electrons. The highest BCUT2D eigenvalue weighted by Gasteiger charge is 2.12. The molecule has 0 spiro atoms. The van der Waals surface area contributed by atoms with E-state index in [1.54, 1.807) is 19.2 Å². The lowest BCUT2D eigenvalue weighted by Gasteiger charge is -2.07. The molecule has 2 N–H and O–H groups in total. The van der Waals surface area contributed by atoms with Gasteiger partial charge in [-0.15, -0.1) is 5.10 Å². The van der Waals surface area contributed by atoms with Gasteiger partial charge in [0.05, 0.1) is 89.0 Å². The lowest BCUT2D eigenvalue weighted by Crippen LogP contribution is -2.20. The van der Waals surface area contributed by atoms with Gasteiger partial charge in [0, 0.05) is 31.0 Å². The largest absolute Gasteiger partial charge is 0.478 e. The molecule has 0 saturated heterocycles. The van der Waals surface area contributed by atoms with E-state index in [0.29, 0.717) is 95.0 Å². The number of pyridine rings is 1. The van der Waals surface area contributed by atoms with Gasteiger partial charge in [-0.2, -0.15) is 0 Å². The van der Waals surface area contributed by atoms with Gasteiger partial charge in [-0.3, -0.25) is 9.48 Å². The third kappa shape index (κ3) is 15.7. The Morgan fingerprint density at radius 2 is 1.41 bits per heavy atom. The Bertz CT molecular complexity index is 1520. The van der Waals surface area contributed by atoms with Crippen LogP contribution in [0.3, 0.4) is 0 Å². The van der Waals surface area contributed by atoms with Crippen LogP contribution in [0, 0.1) is 5.92 Å². The molecule has 4 aromatic rings. The van der Waals surface area contributed by atoms with Gasteiger partial charge in [-0.05, 0) is 24.5 Å². The molecule has 2 aromatic heterocycles. The maximum Gasteiger partial charge on any atom is 0.336 e. The van der Waals surface area contributed by atoms with Crippen LogP contribution in [0.25, 0.3) is 22.2 Å². The molecule has 0 aliphatic carbocycles. The summed E-state index contributed by atoms with van der Waals surface area (Å²) >= 11 is 0. The number of aryl methyl sites for hydroxylation is 1. The fourth-order valence-corrected chi connectivity index (χ4v) is 4.36. The lowest BCUT2D eigenvalue weighted by molar-refractivity contribution is -0.121. The minimum absolute atomic E-state index is 0.0281. The average Bonchev–Trinajstić information content (AvgIpc) is 3.58. The van der Waals surface area contributed by atoms with Crippen LogP contribution in [-0.2, 0) is 41.6 Å². The Hall–Kier alpha value is -4.27. The standard InChI is InChI=1S/C20H38N4O6.C16H11NO2/c1-18(2)4-6-24-16-19(22-23-24)17-30-15-14-29-13-12-28-11-10-27-9-8-26-7-5-20(25)21-3;18-16(19)13-10-15(11-6-2-1-3-7-11)17-14-9-5-4-8-12(13)14/h16,18H,4-15,17H2,1-3H3,(H,21,25);1-10H,(H,18,19). The maximum atomic E-state index is 11.4. The van der Waals surface area contributed by atoms with Crippen LogP contribution in [0.5, 0.6) is 0 Å². The number of aromatic carboxylic acids is 1. The summed E-state index contributed by atoms with van der Waals surface area (Å²) in [6.45, 7) is 10.1. The summed E-state index contributed by atoms with van der Waals surface area (Å²) in [5, 5.41) is 20.7. The van der Waals surface area contributed by atoms with Crippen molar-refractivity contribution >= 4 is 22.8 Å². The molecule has 0 saturated carbocycles. The number of amides is 1. The summed E-state index contributed by atoms with van der Waals surface area (Å²) < 4.78 is 28.9. The summed E-state index contributed by atoms with van der Waals surface area (Å²) in [7, 11) is 1.61. The molecule has 4 rings (SSSR count). The maximum absolute atomic E-state index is 11.4. The van der Waals surface area contributed by atoms with Gasteiger partial charge >= 0.3 is 5.97 Å². The zero-order valence-corrected chi connectivity index (χ0v) is 28.7. The van der Waals surface area contributed by atoms with Crippen molar-refractivity contribution in [3.63, 3.8) is 0 Å². The fraction of sp³-hybridized carbons (Fsp3) is 0.472. The SMILES string of the molecule is CNC(=O)CCOCCOCCOCCOCCOCc1cn(CCC(C)C)nn1.O=C(O)c1cc(-c2ccccc2)nc2ccccc12. The van der Waals surface area contributed by atoms with E-state index in [0.717, 1.165) is 24.2 Å². The van der Waals surface area contributed by atoms with Crippen molar-refractivity contribution in [3.05, 3.63) is 78.1 Å². The van der Waals surface area contributed by atoms with Crippen LogP contribution in [0.1, 0.15) is 42.7 Å². The first-order valence-corrected chi connectivity index (χ1v) is 16.5. The molecule has 0 radical (unpaired) electrons. The number of rotatable bonds is 22. The van der Waals surface area contributed by atoms with Gasteiger partial charge in [0.25, 0.3) is 0 Å². The summed E-state index contributed by atoms with van der Waals surface area (Å²) in [5.74, 6) is -0.315. The molecular weight excluding hydrogens is 630 g/mol. The first kappa shape index (κ1) is 39.2. The van der Waals surface area contributed by atoms with Crippen molar-refractivity contribution < 1.29 is 38.4 Å². The number of carboxylic acid groups (broad SMARTS) is 1. The normalized spacial score (nSPS) is 11.0. The lowest BCUT2D eigenvalue weighted by atomic mass is 10.0. The number of ether oxygens (including phenoxy) is 5. The fourth-order valence-electron chi connectivity index (χ4n) is 4.36. The molecule has 13 nitrogen and oxygen atoms in total. The van der Waals surface area contributed by atoms with Gasteiger partial charge in [0.15, 0.2) is 0 Å². The number of hydrogen-bond donors (Lipinski definition) is 2. The molecule has 2 heterocycles. The molecule has 0 aliphatic rings. The van der Waals surface area contributed by atoms with E-state index < -0.39 is 5.97 Å². The minimum atomic E-state index is -0.934. The van der Waals surface area contributed by atoms with Crippen molar-refractivity contribution in [1.29, 1.82) is 0 Å². The number of hydrogen-bond acceptors (Lipinski definition) is 10. The average molecular weight is 680 g/mol. The van der Waals surface area contributed by atoms with E-state index >= 15 is 0 Å². The molecule has 0 unspecified atom stereocenters. The van der Waals surface area contributed by atoms with Gasteiger partial charge in [0.1, 0.15) is 5.69 Å². The van der Waals surface area contributed by atoms with Crippen molar-refractivity contribution in [3.8, 4) is 11.3 Å². The smallest absolute Gasteiger partial charge is 0.336 e. The number of nitrogens with zero attached hydrogens (tertiary/aromatic N) is 4. The first-order chi connectivity index (χ1) is 23.9. The predicted molar refractivity (Wildman–Crippen MR) is 185 cm³/mol. The summed E-state index contributed by atoms with van der Waals surface area (Å²) in [5.41, 5.74) is 3.40. The molecule has 13 heteroatoms. The Morgan fingerprint density at radius 1 is 0.816 bits per heavy atom. The minimum Gasteiger partial charge on any atom is -0.478 e. The molecular formula is C36H49N5O8. The third-order valence-corrected chi connectivity index (χ3v) is 7.03. The Morgan fingerprint density at radius 3 is 2.02 bits per heavy atom. The van der Waals surface area contributed by atoms with Crippen molar-refractivity contribution in [2.75, 3.05) is 66.5 Å². The molecule has 0 fully saturated rings. The highest BCUT2D eigenvalue weighted by Crippen LogP contribution is 2.24.